The van der Waals surface area contributed by atoms with Gasteiger partial charge in [-0.2, -0.15) is 0 Å². The number of thiazole rings is 1. The van der Waals surface area contributed by atoms with Gasteiger partial charge in [0.1, 0.15) is 11.9 Å². The van der Waals surface area contributed by atoms with Crippen molar-refractivity contribution in [3.63, 3.8) is 0 Å². The molecule has 3 heterocycles. The van der Waals surface area contributed by atoms with Crippen molar-refractivity contribution in [3.05, 3.63) is 59.9 Å². The van der Waals surface area contributed by atoms with E-state index in [2.05, 4.69) is 52.9 Å². The van der Waals surface area contributed by atoms with Crippen molar-refractivity contribution in [3.8, 4) is 0 Å². The van der Waals surface area contributed by atoms with Gasteiger partial charge in [0.05, 0.1) is 22.3 Å². The third-order valence-corrected chi connectivity index (χ3v) is 7.87. The summed E-state index contributed by atoms with van der Waals surface area (Å²) in [6.45, 7) is 8.27. The first-order chi connectivity index (χ1) is 16.5. The number of hydrogen-bond acceptors (Lipinski definition) is 6. The summed E-state index contributed by atoms with van der Waals surface area (Å²) < 4.78 is 20.4. The molecule has 5 rings (SSSR count). The molecule has 1 amide bonds. The molecule has 8 heteroatoms. The molecule has 2 fully saturated rings. The van der Waals surface area contributed by atoms with E-state index in [1.165, 1.54) is 29.0 Å². The first-order valence-electron chi connectivity index (χ1n) is 12.0. The van der Waals surface area contributed by atoms with Crippen LogP contribution < -0.4 is 4.90 Å². The van der Waals surface area contributed by atoms with Crippen molar-refractivity contribution >= 4 is 32.8 Å². The van der Waals surface area contributed by atoms with Crippen LogP contribution in [0.2, 0.25) is 0 Å². The Morgan fingerprint density at radius 1 is 1.09 bits per heavy atom. The number of ether oxygens (including phenoxy) is 1. The smallest absolute Gasteiger partial charge is 0.410 e. The molecule has 0 spiro atoms. The third kappa shape index (κ3) is 5.03. The van der Waals surface area contributed by atoms with Crippen LogP contribution >= 0.6 is 11.3 Å². The molecule has 0 bridgehead atoms. The molecule has 2 atom stereocenters. The predicted octanol–water partition coefficient (Wildman–Crippen LogP) is 5.14. The second kappa shape index (κ2) is 9.88. The summed E-state index contributed by atoms with van der Waals surface area (Å²) in [6, 6.07) is 15.2. The van der Waals surface area contributed by atoms with Gasteiger partial charge in [0.25, 0.3) is 0 Å². The number of aromatic nitrogens is 1. The average molecular weight is 483 g/mol. The molecule has 0 aliphatic carbocycles. The van der Waals surface area contributed by atoms with Gasteiger partial charge in [0.15, 0.2) is 5.13 Å². The van der Waals surface area contributed by atoms with E-state index < -0.39 is 0 Å². The normalized spacial score (nSPS) is 22.3. The van der Waals surface area contributed by atoms with Gasteiger partial charge in [-0.25, -0.2) is 14.2 Å². The second-order valence-corrected chi connectivity index (χ2v) is 10.5. The van der Waals surface area contributed by atoms with Gasteiger partial charge in [-0.3, -0.25) is 9.80 Å². The lowest BCUT2D eigenvalue weighted by Gasteiger charge is -2.44. The monoisotopic (exact) mass is 482 g/mol. The van der Waals surface area contributed by atoms with Crippen LogP contribution in [-0.4, -0.2) is 65.2 Å². The minimum Gasteiger partial charge on any atom is -0.446 e. The van der Waals surface area contributed by atoms with Crippen LogP contribution in [0.4, 0.5) is 14.3 Å². The fourth-order valence-electron chi connectivity index (χ4n) is 5.09. The Balaban J connectivity index is 1.15. The van der Waals surface area contributed by atoms with Crippen LogP contribution in [0, 0.1) is 5.82 Å². The van der Waals surface area contributed by atoms with E-state index in [1.807, 2.05) is 11.0 Å². The molecule has 0 saturated carbocycles. The number of benzene rings is 2. The lowest BCUT2D eigenvalue weighted by molar-refractivity contribution is 0.0101. The van der Waals surface area contributed by atoms with Gasteiger partial charge in [-0.05, 0) is 50.5 Å². The number of piperazine rings is 1. The molecular formula is C26H31FN4O2S. The molecule has 3 aromatic rings. The molecule has 1 aromatic heterocycles. The number of amides is 1. The van der Waals surface area contributed by atoms with E-state index in [-0.39, 0.29) is 30.1 Å². The summed E-state index contributed by atoms with van der Waals surface area (Å²) in [5.41, 5.74) is 2.12. The maximum Gasteiger partial charge on any atom is 0.410 e. The molecule has 2 aliphatic heterocycles. The van der Waals surface area contributed by atoms with Crippen molar-refractivity contribution in [1.29, 1.82) is 0 Å². The van der Waals surface area contributed by atoms with Crippen LogP contribution in [-0.2, 0) is 11.3 Å². The summed E-state index contributed by atoms with van der Waals surface area (Å²) in [7, 11) is 0. The van der Waals surface area contributed by atoms with Gasteiger partial charge in [-0.15, -0.1) is 0 Å². The molecule has 180 valence electrons. The first kappa shape index (κ1) is 23.1. The zero-order valence-electron chi connectivity index (χ0n) is 19.7. The number of nitrogens with zero attached hydrogens (tertiary/aromatic N) is 4. The standard InChI is InChI=1S/C26H31FN4O2S/c1-18-15-30(25-28-23-9-8-21(27)14-24(23)34-25)16-19(2)31(18)26(32)33-22-10-12-29(13-11-22)17-20-6-4-3-5-7-20/h3-9,14,18-19,22H,10-13,15-17H2,1-2H3/t18-,19-/m1/s1. The number of piperidine rings is 1. The highest BCUT2D eigenvalue weighted by atomic mass is 32.1. The third-order valence-electron chi connectivity index (χ3n) is 6.79. The van der Waals surface area contributed by atoms with Gasteiger partial charge >= 0.3 is 6.09 Å². The topological polar surface area (TPSA) is 48.9 Å². The fourth-order valence-corrected chi connectivity index (χ4v) is 6.10. The van der Waals surface area contributed by atoms with Crippen LogP contribution in [0.5, 0.6) is 0 Å². The molecular weight excluding hydrogens is 451 g/mol. The van der Waals surface area contributed by atoms with Gasteiger partial charge in [0.2, 0.25) is 0 Å². The van der Waals surface area contributed by atoms with E-state index >= 15 is 0 Å². The summed E-state index contributed by atoms with van der Waals surface area (Å²) in [5, 5.41) is 0.873. The highest BCUT2D eigenvalue weighted by molar-refractivity contribution is 7.22. The number of carbonyl (C=O) groups excluding carboxylic acids is 1. The van der Waals surface area contributed by atoms with E-state index in [0.717, 1.165) is 47.8 Å². The lowest BCUT2D eigenvalue weighted by Crippen LogP contribution is -2.59. The number of hydrogen-bond donors (Lipinski definition) is 0. The average Bonchev–Trinajstić information content (AvgIpc) is 3.24. The van der Waals surface area contributed by atoms with Crippen molar-refractivity contribution in [2.24, 2.45) is 0 Å². The highest BCUT2D eigenvalue weighted by Crippen LogP contribution is 2.32. The summed E-state index contributed by atoms with van der Waals surface area (Å²) in [5.74, 6) is -0.247. The van der Waals surface area contributed by atoms with Crippen LogP contribution in [0.1, 0.15) is 32.3 Å². The fraction of sp³-hybridized carbons (Fsp3) is 0.462. The zero-order chi connectivity index (χ0) is 23.7. The summed E-state index contributed by atoms with van der Waals surface area (Å²) in [4.78, 5) is 24.3. The van der Waals surface area contributed by atoms with Crippen LogP contribution in [0.15, 0.2) is 48.5 Å². The molecule has 34 heavy (non-hydrogen) atoms. The quantitative estimate of drug-likeness (QED) is 0.516. The van der Waals surface area contributed by atoms with E-state index in [9.17, 15) is 9.18 Å². The van der Waals surface area contributed by atoms with Gasteiger partial charge in [0, 0.05) is 32.7 Å². The number of anilines is 1. The van der Waals surface area contributed by atoms with Crippen molar-refractivity contribution in [2.45, 2.75) is 51.4 Å². The Morgan fingerprint density at radius 3 is 2.50 bits per heavy atom. The number of halogens is 1. The Hall–Kier alpha value is -2.71. The SMILES string of the molecule is C[C@@H]1CN(c2nc3ccc(F)cc3s2)C[C@@H](C)N1C(=O)OC1CCN(Cc2ccccc2)CC1. The molecule has 2 aromatic carbocycles. The number of likely N-dealkylation sites (tertiary alicyclic amines) is 1. The number of rotatable bonds is 4. The second-order valence-electron chi connectivity index (χ2n) is 9.46. The minimum atomic E-state index is -0.247. The lowest BCUT2D eigenvalue weighted by atomic mass is 10.1. The van der Waals surface area contributed by atoms with Crippen molar-refractivity contribution < 1.29 is 13.9 Å². The molecule has 2 saturated heterocycles. The van der Waals surface area contributed by atoms with Crippen molar-refractivity contribution in [1.82, 2.24) is 14.8 Å². The Labute approximate surface area is 203 Å². The van der Waals surface area contributed by atoms with Gasteiger partial charge < -0.3 is 9.64 Å². The van der Waals surface area contributed by atoms with Gasteiger partial charge in [-0.1, -0.05) is 41.7 Å². The molecule has 0 radical (unpaired) electrons. The maximum atomic E-state index is 13.6. The Morgan fingerprint density at radius 2 is 1.79 bits per heavy atom. The van der Waals surface area contributed by atoms with Crippen LogP contribution in [0.25, 0.3) is 10.2 Å². The summed E-state index contributed by atoms with van der Waals surface area (Å²) in [6.07, 6.45) is 1.48. The zero-order valence-corrected chi connectivity index (χ0v) is 20.5. The molecule has 0 unspecified atom stereocenters. The van der Waals surface area contributed by atoms with E-state index in [0.29, 0.717) is 13.1 Å². The maximum absolute atomic E-state index is 13.6. The largest absolute Gasteiger partial charge is 0.446 e. The number of fused-ring (bicyclic) bond motifs is 1. The van der Waals surface area contributed by atoms with Crippen LogP contribution in [0.3, 0.4) is 0 Å². The minimum absolute atomic E-state index is 0.00170. The molecule has 2 aliphatic rings. The molecule has 6 nitrogen and oxygen atoms in total. The predicted molar refractivity (Wildman–Crippen MR) is 134 cm³/mol. The van der Waals surface area contributed by atoms with E-state index in [4.69, 9.17) is 4.74 Å². The molecule has 0 N–H and O–H groups in total. The first-order valence-corrected chi connectivity index (χ1v) is 12.8. The van der Waals surface area contributed by atoms with E-state index in [1.54, 1.807) is 6.07 Å². The number of carbonyl (C=O) groups is 1. The highest BCUT2D eigenvalue weighted by Gasteiger charge is 2.36. The Bertz CT molecular complexity index is 1120. The Kier molecular flexibility index (Phi) is 6.70. The summed E-state index contributed by atoms with van der Waals surface area (Å²) >= 11 is 1.50. The van der Waals surface area contributed by atoms with Crippen molar-refractivity contribution in [2.75, 3.05) is 31.1 Å².